The van der Waals surface area contributed by atoms with Gasteiger partial charge in [-0.15, -0.1) is 0 Å². The van der Waals surface area contributed by atoms with E-state index in [1.165, 1.54) is 0 Å². The van der Waals surface area contributed by atoms with Crippen molar-refractivity contribution in [2.24, 2.45) is 0 Å². The minimum Gasteiger partial charge on any atom is -0.461 e. The summed E-state index contributed by atoms with van der Waals surface area (Å²) >= 11 is 0. The zero-order valence-electron chi connectivity index (χ0n) is 13.6. The van der Waals surface area contributed by atoms with Crippen molar-refractivity contribution in [1.82, 2.24) is 15.1 Å². The van der Waals surface area contributed by atoms with E-state index >= 15 is 0 Å². The Hall–Kier alpha value is -2.05. The lowest BCUT2D eigenvalue weighted by Crippen LogP contribution is -2.36. The molecule has 0 aliphatic carbocycles. The quantitative estimate of drug-likeness (QED) is 0.847. The molecule has 2 rings (SSSR count). The summed E-state index contributed by atoms with van der Waals surface area (Å²) in [7, 11) is 0. The summed E-state index contributed by atoms with van der Waals surface area (Å²) in [4.78, 5) is 25.7. The normalized spacial score (nSPS) is 15.0. The molecule has 0 fully saturated rings. The lowest BCUT2D eigenvalue weighted by atomic mass is 10.1. The van der Waals surface area contributed by atoms with Gasteiger partial charge in [-0.05, 0) is 40.5 Å². The highest BCUT2D eigenvalue weighted by Gasteiger charge is 2.28. The Bertz CT molecular complexity index is 560. The fourth-order valence-electron chi connectivity index (χ4n) is 2.37. The number of hydrogen-bond donors (Lipinski definition) is 1. The zero-order chi connectivity index (χ0) is 16.3. The first-order valence-electron chi connectivity index (χ1n) is 7.53. The van der Waals surface area contributed by atoms with Gasteiger partial charge < -0.3 is 14.4 Å². The zero-order valence-corrected chi connectivity index (χ0v) is 13.6. The van der Waals surface area contributed by atoms with Crippen molar-refractivity contribution in [1.29, 1.82) is 0 Å². The molecule has 0 radical (unpaired) electrons. The third-order valence-electron chi connectivity index (χ3n) is 3.28. The molecule has 1 N–H and O–H groups in total. The van der Waals surface area contributed by atoms with E-state index in [1.807, 2.05) is 20.8 Å². The van der Waals surface area contributed by atoms with Gasteiger partial charge in [0.1, 0.15) is 5.60 Å². The maximum atomic E-state index is 12.2. The van der Waals surface area contributed by atoms with Crippen LogP contribution in [-0.2, 0) is 22.4 Å². The van der Waals surface area contributed by atoms with Crippen LogP contribution in [0.4, 0.5) is 4.79 Å². The van der Waals surface area contributed by atoms with E-state index in [-0.39, 0.29) is 6.09 Å². The highest BCUT2D eigenvalue weighted by Crippen LogP contribution is 2.22. The number of carbonyl (C=O) groups is 2. The molecule has 1 aliphatic heterocycles. The van der Waals surface area contributed by atoms with Gasteiger partial charge in [0.25, 0.3) is 0 Å². The van der Waals surface area contributed by atoms with Crippen LogP contribution in [0.1, 0.15) is 55.9 Å². The lowest BCUT2D eigenvalue weighted by molar-refractivity contribution is 0.0234. The van der Waals surface area contributed by atoms with Crippen LogP contribution in [0.3, 0.4) is 0 Å². The van der Waals surface area contributed by atoms with Crippen molar-refractivity contribution in [2.75, 3.05) is 13.2 Å². The van der Waals surface area contributed by atoms with Crippen LogP contribution >= 0.6 is 0 Å². The predicted molar refractivity (Wildman–Crippen MR) is 79.5 cm³/mol. The molecule has 0 unspecified atom stereocenters. The van der Waals surface area contributed by atoms with Crippen LogP contribution in [0.15, 0.2) is 0 Å². The number of ether oxygens (including phenoxy) is 2. The van der Waals surface area contributed by atoms with Gasteiger partial charge in [-0.1, -0.05) is 0 Å². The average molecular weight is 309 g/mol. The predicted octanol–water partition coefficient (Wildman–Crippen LogP) is 2.27. The summed E-state index contributed by atoms with van der Waals surface area (Å²) in [6.07, 6.45) is 1.07. The maximum Gasteiger partial charge on any atom is 0.410 e. The molecular formula is C15H23N3O4. The molecule has 0 saturated heterocycles. The van der Waals surface area contributed by atoms with E-state index in [2.05, 4.69) is 10.2 Å². The third kappa shape index (κ3) is 3.78. The number of H-pyrrole nitrogens is 1. The van der Waals surface area contributed by atoms with Crippen LogP contribution < -0.4 is 0 Å². The Balaban J connectivity index is 2.15. The fraction of sp³-hybridized carbons (Fsp3) is 0.667. The molecule has 0 atom stereocenters. The van der Waals surface area contributed by atoms with Crippen molar-refractivity contribution in [2.45, 2.75) is 52.7 Å². The number of fused-ring (bicyclic) bond motifs is 1. The molecule has 0 bridgehead atoms. The number of nitrogens with one attached hydrogen (secondary N) is 1. The Labute approximate surface area is 130 Å². The molecule has 122 valence electrons. The minimum absolute atomic E-state index is 0.310. The number of carbonyl (C=O) groups excluding carboxylic acids is 2. The van der Waals surface area contributed by atoms with E-state index in [9.17, 15) is 9.59 Å². The fourth-order valence-corrected chi connectivity index (χ4v) is 2.37. The van der Waals surface area contributed by atoms with Crippen LogP contribution in [-0.4, -0.2) is 45.9 Å². The summed E-state index contributed by atoms with van der Waals surface area (Å²) in [5.41, 5.74) is 1.40. The standard InChI is InChI=1S/C15H23N3O4/c1-5-21-13(19)12-10-7-6-8-18(9-11(10)16-17-12)14(20)22-15(2,3)4/h5-9H2,1-4H3,(H,16,17). The molecule has 1 aliphatic rings. The number of aromatic amines is 1. The van der Waals surface area contributed by atoms with Gasteiger partial charge in [-0.2, -0.15) is 5.10 Å². The summed E-state index contributed by atoms with van der Waals surface area (Å²) < 4.78 is 10.4. The van der Waals surface area contributed by atoms with Gasteiger partial charge in [0, 0.05) is 12.1 Å². The molecule has 22 heavy (non-hydrogen) atoms. The molecule has 0 saturated carbocycles. The van der Waals surface area contributed by atoms with Crippen molar-refractivity contribution in [3.05, 3.63) is 17.0 Å². The van der Waals surface area contributed by atoms with Crippen LogP contribution in [0.25, 0.3) is 0 Å². The number of esters is 1. The Morgan fingerprint density at radius 2 is 2.09 bits per heavy atom. The third-order valence-corrected chi connectivity index (χ3v) is 3.28. The van der Waals surface area contributed by atoms with Gasteiger partial charge in [0.15, 0.2) is 5.69 Å². The molecule has 2 heterocycles. The van der Waals surface area contributed by atoms with E-state index in [1.54, 1.807) is 11.8 Å². The molecule has 7 nitrogen and oxygen atoms in total. The molecular weight excluding hydrogens is 286 g/mol. The monoisotopic (exact) mass is 309 g/mol. The average Bonchev–Trinajstić information content (AvgIpc) is 2.67. The highest BCUT2D eigenvalue weighted by molar-refractivity contribution is 5.89. The number of amides is 1. The van der Waals surface area contributed by atoms with Gasteiger partial charge >= 0.3 is 12.1 Å². The Morgan fingerprint density at radius 3 is 2.73 bits per heavy atom. The number of rotatable bonds is 2. The second kappa shape index (κ2) is 6.37. The SMILES string of the molecule is CCOC(=O)c1n[nH]c2c1CCCN(C(=O)OC(C)(C)C)C2. The van der Waals surface area contributed by atoms with E-state index < -0.39 is 11.6 Å². The smallest absolute Gasteiger partial charge is 0.410 e. The summed E-state index contributed by atoms with van der Waals surface area (Å²) in [6, 6.07) is 0. The Morgan fingerprint density at radius 1 is 1.36 bits per heavy atom. The van der Waals surface area contributed by atoms with Gasteiger partial charge in [-0.25, -0.2) is 9.59 Å². The largest absolute Gasteiger partial charge is 0.461 e. The second-order valence-corrected chi connectivity index (χ2v) is 6.26. The number of hydrogen-bond acceptors (Lipinski definition) is 5. The first kappa shape index (κ1) is 16.3. The molecule has 1 aromatic heterocycles. The van der Waals surface area contributed by atoms with E-state index in [0.717, 1.165) is 17.7 Å². The molecule has 7 heteroatoms. The summed E-state index contributed by atoms with van der Waals surface area (Å²) in [6.45, 7) is 8.52. The van der Waals surface area contributed by atoms with Crippen LogP contribution in [0.2, 0.25) is 0 Å². The van der Waals surface area contributed by atoms with E-state index in [0.29, 0.717) is 31.8 Å². The molecule has 0 spiro atoms. The summed E-state index contributed by atoms with van der Waals surface area (Å²) in [5, 5.41) is 6.90. The van der Waals surface area contributed by atoms with Gasteiger partial charge in [0.05, 0.1) is 18.8 Å². The number of nitrogens with zero attached hydrogens (tertiary/aromatic N) is 2. The molecule has 1 amide bonds. The van der Waals surface area contributed by atoms with Crippen molar-refractivity contribution in [3.8, 4) is 0 Å². The van der Waals surface area contributed by atoms with Crippen LogP contribution in [0.5, 0.6) is 0 Å². The first-order valence-corrected chi connectivity index (χ1v) is 7.53. The molecule has 1 aromatic rings. The minimum atomic E-state index is -0.531. The topological polar surface area (TPSA) is 84.5 Å². The van der Waals surface area contributed by atoms with Crippen molar-refractivity contribution in [3.63, 3.8) is 0 Å². The second-order valence-electron chi connectivity index (χ2n) is 6.26. The van der Waals surface area contributed by atoms with Gasteiger partial charge in [-0.3, -0.25) is 5.10 Å². The van der Waals surface area contributed by atoms with Crippen molar-refractivity contribution < 1.29 is 19.1 Å². The highest BCUT2D eigenvalue weighted by atomic mass is 16.6. The maximum absolute atomic E-state index is 12.2. The first-order chi connectivity index (χ1) is 10.3. The van der Waals surface area contributed by atoms with Gasteiger partial charge in [0.2, 0.25) is 0 Å². The summed E-state index contributed by atoms with van der Waals surface area (Å²) in [5.74, 6) is -0.425. The Kier molecular flexibility index (Phi) is 4.73. The van der Waals surface area contributed by atoms with E-state index in [4.69, 9.17) is 9.47 Å². The number of aromatic nitrogens is 2. The molecule has 0 aromatic carbocycles. The van der Waals surface area contributed by atoms with Crippen LogP contribution in [0, 0.1) is 0 Å². The van der Waals surface area contributed by atoms with Crippen molar-refractivity contribution >= 4 is 12.1 Å². The lowest BCUT2D eigenvalue weighted by Gasteiger charge is -2.26.